The average molecular weight is 298 g/mol. The Kier molecular flexibility index (Phi) is 4.49. The minimum absolute atomic E-state index is 0.0179. The number of carbonyl (C=O) groups excluding carboxylic acids is 1. The molecule has 0 aliphatic rings. The van der Waals surface area contributed by atoms with Crippen molar-refractivity contribution < 1.29 is 14.7 Å². The number of carboxylic acid groups (broad SMARTS) is 1. The SMILES string of the molecule is N#C/C(=C\c1ccsc1)C(=O)Nc1ccc(C(=O)O)cc1. The number of nitrogens with zero attached hydrogens (tertiary/aromatic N) is 1. The number of nitrogens with one attached hydrogen (secondary N) is 1. The Hall–Kier alpha value is -2.91. The van der Waals surface area contributed by atoms with Crippen LogP contribution in [0.15, 0.2) is 46.7 Å². The molecule has 0 saturated heterocycles. The normalized spacial score (nSPS) is 10.7. The van der Waals surface area contributed by atoms with E-state index in [4.69, 9.17) is 10.4 Å². The van der Waals surface area contributed by atoms with E-state index in [0.717, 1.165) is 5.56 Å². The Balaban J connectivity index is 2.13. The van der Waals surface area contributed by atoms with Gasteiger partial charge in [-0.1, -0.05) is 0 Å². The topological polar surface area (TPSA) is 90.2 Å². The molecule has 0 unspecified atom stereocenters. The molecule has 0 fully saturated rings. The molecule has 1 aromatic heterocycles. The highest BCUT2D eigenvalue weighted by molar-refractivity contribution is 7.08. The molecule has 104 valence electrons. The van der Waals surface area contributed by atoms with Crippen molar-refractivity contribution in [3.8, 4) is 6.07 Å². The zero-order valence-corrected chi connectivity index (χ0v) is 11.6. The predicted octanol–water partition coefficient (Wildman–Crippen LogP) is 2.99. The maximum atomic E-state index is 12.0. The van der Waals surface area contributed by atoms with Crippen molar-refractivity contribution in [1.29, 1.82) is 5.26 Å². The number of hydrogen-bond donors (Lipinski definition) is 2. The van der Waals surface area contributed by atoms with E-state index in [9.17, 15) is 9.59 Å². The van der Waals surface area contributed by atoms with Gasteiger partial charge in [-0.25, -0.2) is 4.79 Å². The molecular weight excluding hydrogens is 288 g/mol. The van der Waals surface area contributed by atoms with Gasteiger partial charge in [-0.05, 0) is 52.7 Å². The molecule has 2 N–H and O–H groups in total. The number of thiophene rings is 1. The minimum Gasteiger partial charge on any atom is -0.478 e. The van der Waals surface area contributed by atoms with Crippen LogP contribution in [0.2, 0.25) is 0 Å². The van der Waals surface area contributed by atoms with E-state index in [-0.39, 0.29) is 11.1 Å². The van der Waals surface area contributed by atoms with E-state index >= 15 is 0 Å². The van der Waals surface area contributed by atoms with Crippen LogP contribution >= 0.6 is 11.3 Å². The van der Waals surface area contributed by atoms with Crippen molar-refractivity contribution in [2.24, 2.45) is 0 Å². The summed E-state index contributed by atoms with van der Waals surface area (Å²) in [7, 11) is 0. The molecule has 0 bridgehead atoms. The standard InChI is InChI=1S/C15H10N2O3S/c16-8-12(7-10-5-6-21-9-10)14(18)17-13-3-1-11(2-4-13)15(19)20/h1-7,9H,(H,17,18)(H,19,20)/b12-7+. The molecule has 2 aromatic rings. The minimum atomic E-state index is -1.04. The number of hydrogen-bond acceptors (Lipinski definition) is 4. The lowest BCUT2D eigenvalue weighted by Crippen LogP contribution is -2.13. The van der Waals surface area contributed by atoms with Gasteiger partial charge in [0, 0.05) is 5.69 Å². The number of benzene rings is 1. The molecule has 21 heavy (non-hydrogen) atoms. The fourth-order valence-corrected chi connectivity index (χ4v) is 2.18. The van der Waals surface area contributed by atoms with Crippen LogP contribution in [0.5, 0.6) is 0 Å². The molecule has 1 aromatic carbocycles. The third-order valence-electron chi connectivity index (χ3n) is 2.61. The van der Waals surface area contributed by atoms with Gasteiger partial charge in [0.05, 0.1) is 5.56 Å². The molecule has 0 atom stereocenters. The van der Waals surface area contributed by atoms with Crippen molar-refractivity contribution in [3.63, 3.8) is 0 Å². The van der Waals surface area contributed by atoms with Gasteiger partial charge >= 0.3 is 5.97 Å². The van der Waals surface area contributed by atoms with Crippen LogP contribution in [0.3, 0.4) is 0 Å². The number of nitriles is 1. The van der Waals surface area contributed by atoms with Gasteiger partial charge in [-0.15, -0.1) is 0 Å². The first-order valence-electron chi connectivity index (χ1n) is 5.89. The molecule has 0 spiro atoms. The van der Waals surface area contributed by atoms with Gasteiger partial charge in [0.25, 0.3) is 5.91 Å². The van der Waals surface area contributed by atoms with Gasteiger partial charge in [0.2, 0.25) is 0 Å². The Morgan fingerprint density at radius 3 is 2.48 bits per heavy atom. The maximum Gasteiger partial charge on any atom is 0.335 e. The summed E-state index contributed by atoms with van der Waals surface area (Å²) in [6.45, 7) is 0. The zero-order valence-electron chi connectivity index (χ0n) is 10.7. The molecule has 0 radical (unpaired) electrons. The highest BCUT2D eigenvalue weighted by Crippen LogP contribution is 2.14. The summed E-state index contributed by atoms with van der Waals surface area (Å²) in [6.07, 6.45) is 1.50. The van der Waals surface area contributed by atoms with Gasteiger partial charge in [-0.3, -0.25) is 4.79 Å². The first-order valence-corrected chi connectivity index (χ1v) is 6.83. The Morgan fingerprint density at radius 2 is 1.95 bits per heavy atom. The fourth-order valence-electron chi connectivity index (χ4n) is 1.57. The first kappa shape index (κ1) is 14.5. The van der Waals surface area contributed by atoms with Crippen LogP contribution < -0.4 is 5.32 Å². The number of anilines is 1. The second-order valence-electron chi connectivity index (χ2n) is 4.06. The van der Waals surface area contributed by atoms with E-state index in [1.54, 1.807) is 6.07 Å². The van der Waals surface area contributed by atoms with Crippen LogP contribution in [0.4, 0.5) is 5.69 Å². The number of aromatic carboxylic acids is 1. The van der Waals surface area contributed by atoms with Crippen LogP contribution in [0.25, 0.3) is 6.08 Å². The smallest absolute Gasteiger partial charge is 0.335 e. The van der Waals surface area contributed by atoms with E-state index in [1.165, 1.54) is 41.7 Å². The molecule has 2 rings (SSSR count). The second-order valence-corrected chi connectivity index (χ2v) is 4.84. The predicted molar refractivity (Wildman–Crippen MR) is 79.9 cm³/mol. The van der Waals surface area contributed by atoms with Crippen molar-refractivity contribution in [1.82, 2.24) is 0 Å². The van der Waals surface area contributed by atoms with Crippen LogP contribution in [0.1, 0.15) is 15.9 Å². The lowest BCUT2D eigenvalue weighted by atomic mass is 10.1. The lowest BCUT2D eigenvalue weighted by Gasteiger charge is -2.04. The molecule has 0 aliphatic heterocycles. The van der Waals surface area contributed by atoms with E-state index in [0.29, 0.717) is 5.69 Å². The average Bonchev–Trinajstić information content (AvgIpc) is 2.98. The summed E-state index contributed by atoms with van der Waals surface area (Å²) < 4.78 is 0. The zero-order chi connectivity index (χ0) is 15.2. The van der Waals surface area contributed by atoms with Crippen LogP contribution in [-0.2, 0) is 4.79 Å². The number of amides is 1. The molecule has 1 amide bonds. The molecule has 0 saturated carbocycles. The summed E-state index contributed by atoms with van der Waals surface area (Å²) in [5, 5.41) is 24.1. The summed E-state index contributed by atoms with van der Waals surface area (Å²) in [5.41, 5.74) is 1.32. The quantitative estimate of drug-likeness (QED) is 0.670. The van der Waals surface area contributed by atoms with Gasteiger partial charge in [-0.2, -0.15) is 16.6 Å². The monoisotopic (exact) mass is 298 g/mol. The van der Waals surface area contributed by atoms with Crippen molar-refractivity contribution in [2.75, 3.05) is 5.32 Å². The summed E-state index contributed by atoms with van der Waals surface area (Å²) >= 11 is 1.47. The second kappa shape index (κ2) is 6.50. The van der Waals surface area contributed by atoms with E-state index < -0.39 is 11.9 Å². The number of rotatable bonds is 4. The highest BCUT2D eigenvalue weighted by Gasteiger charge is 2.10. The van der Waals surface area contributed by atoms with Crippen molar-refractivity contribution in [2.45, 2.75) is 0 Å². The van der Waals surface area contributed by atoms with E-state index in [2.05, 4.69) is 5.32 Å². The number of carboxylic acids is 1. The molecular formula is C15H10N2O3S. The summed E-state index contributed by atoms with van der Waals surface area (Å²) in [4.78, 5) is 22.7. The third kappa shape index (κ3) is 3.78. The summed E-state index contributed by atoms with van der Waals surface area (Å²) in [5.74, 6) is -1.57. The van der Waals surface area contributed by atoms with Gasteiger partial charge in [0.1, 0.15) is 11.6 Å². The third-order valence-corrected chi connectivity index (χ3v) is 3.31. The molecule has 0 aliphatic carbocycles. The lowest BCUT2D eigenvalue weighted by molar-refractivity contribution is -0.112. The fraction of sp³-hybridized carbons (Fsp3) is 0. The molecule has 6 heteroatoms. The highest BCUT2D eigenvalue weighted by atomic mass is 32.1. The largest absolute Gasteiger partial charge is 0.478 e. The summed E-state index contributed by atoms with van der Waals surface area (Å²) in [6, 6.07) is 9.36. The van der Waals surface area contributed by atoms with Gasteiger partial charge in [0.15, 0.2) is 0 Å². The van der Waals surface area contributed by atoms with Crippen LogP contribution in [0, 0.1) is 11.3 Å². The van der Waals surface area contributed by atoms with Crippen LogP contribution in [-0.4, -0.2) is 17.0 Å². The molecule has 1 heterocycles. The van der Waals surface area contributed by atoms with E-state index in [1.807, 2.05) is 16.8 Å². The Labute approximate surface area is 124 Å². The molecule has 5 nitrogen and oxygen atoms in total. The number of carbonyl (C=O) groups is 2. The maximum absolute atomic E-state index is 12.0. The Morgan fingerprint density at radius 1 is 1.24 bits per heavy atom. The Bertz CT molecular complexity index is 725. The first-order chi connectivity index (χ1) is 10.1. The van der Waals surface area contributed by atoms with Crippen molar-refractivity contribution in [3.05, 3.63) is 57.8 Å². The van der Waals surface area contributed by atoms with Gasteiger partial charge < -0.3 is 10.4 Å². The van der Waals surface area contributed by atoms with Crippen molar-refractivity contribution >= 4 is 35.0 Å².